The van der Waals surface area contributed by atoms with Gasteiger partial charge in [0.15, 0.2) is 0 Å². The summed E-state index contributed by atoms with van der Waals surface area (Å²) in [5.41, 5.74) is 2.72. The Morgan fingerprint density at radius 2 is 1.07 bits per heavy atom. The summed E-state index contributed by atoms with van der Waals surface area (Å²) < 4.78 is 0. The van der Waals surface area contributed by atoms with Crippen molar-refractivity contribution in [2.45, 2.75) is 20.3 Å². The van der Waals surface area contributed by atoms with Crippen LogP contribution in [0.2, 0.25) is 0 Å². The molecule has 0 aliphatic carbocycles. The van der Waals surface area contributed by atoms with Gasteiger partial charge >= 0.3 is 17.1 Å². The number of hydrogen-bond donors (Lipinski definition) is 0. The van der Waals surface area contributed by atoms with E-state index in [1.807, 2.05) is 50.2 Å². The van der Waals surface area contributed by atoms with Gasteiger partial charge in [-0.2, -0.15) is 0 Å². The average Bonchev–Trinajstić information content (AvgIpc) is 2.69. The third-order valence-corrected chi connectivity index (χ3v) is 3.84. The van der Waals surface area contributed by atoms with Gasteiger partial charge in [0.05, 0.1) is 0 Å². The molecule has 0 aliphatic heterocycles. The van der Waals surface area contributed by atoms with Crippen molar-refractivity contribution in [1.82, 2.24) is 0 Å². The van der Waals surface area contributed by atoms with Crippen LogP contribution in [0.25, 0.3) is 11.5 Å². The van der Waals surface area contributed by atoms with Gasteiger partial charge in [-0.05, 0) is 43.5 Å². The summed E-state index contributed by atoms with van der Waals surface area (Å²) in [5, 5.41) is 24.1. The third-order valence-electron chi connectivity index (χ3n) is 3.84. The van der Waals surface area contributed by atoms with Crippen LogP contribution in [0.15, 0.2) is 82.8 Å². The number of hydrogen-bond acceptors (Lipinski definition) is 4. The Balaban J connectivity index is 0.00000392. The average molecular weight is 424 g/mol. The van der Waals surface area contributed by atoms with Crippen LogP contribution < -0.4 is 10.2 Å². The Kier molecular flexibility index (Phi) is 10.6. The molecule has 0 fully saturated rings. The quantitative estimate of drug-likeness (QED) is 0.283. The SMILES string of the molecule is CC(/C=C(\[O-])c1ccccc1)=NCCCN=C(C)/C=C(\[O-])c1ccccc1.[Cu+2]. The predicted molar refractivity (Wildman–Crippen MR) is 109 cm³/mol. The first-order valence-corrected chi connectivity index (χ1v) is 8.96. The number of benzene rings is 2. The summed E-state index contributed by atoms with van der Waals surface area (Å²) in [7, 11) is 0. The third kappa shape index (κ3) is 8.38. The van der Waals surface area contributed by atoms with Crippen LogP contribution in [-0.4, -0.2) is 24.5 Å². The second kappa shape index (κ2) is 12.7. The Hall–Kier alpha value is -2.62. The van der Waals surface area contributed by atoms with E-state index in [1.54, 1.807) is 36.4 Å². The first-order chi connectivity index (χ1) is 13.1. The van der Waals surface area contributed by atoms with Gasteiger partial charge in [-0.3, -0.25) is 9.98 Å². The first kappa shape index (κ1) is 23.4. The van der Waals surface area contributed by atoms with Crippen LogP contribution in [0.4, 0.5) is 0 Å². The zero-order chi connectivity index (χ0) is 19.5. The van der Waals surface area contributed by atoms with E-state index in [2.05, 4.69) is 9.98 Å². The van der Waals surface area contributed by atoms with Crippen molar-refractivity contribution in [1.29, 1.82) is 0 Å². The molecule has 0 aromatic heterocycles. The van der Waals surface area contributed by atoms with Crippen LogP contribution in [0.1, 0.15) is 31.4 Å². The maximum Gasteiger partial charge on any atom is 2.00 e. The molecule has 0 aliphatic rings. The van der Waals surface area contributed by atoms with Crippen molar-refractivity contribution in [3.8, 4) is 0 Å². The van der Waals surface area contributed by atoms with Gasteiger partial charge in [-0.15, -0.1) is 0 Å². The molecule has 0 spiro atoms. The molecule has 28 heavy (non-hydrogen) atoms. The summed E-state index contributed by atoms with van der Waals surface area (Å²) in [6.45, 7) is 4.82. The Morgan fingerprint density at radius 3 is 1.43 bits per heavy atom. The van der Waals surface area contributed by atoms with Gasteiger partial charge in [0.1, 0.15) is 0 Å². The standard InChI is InChI=1S/C23H26N2O2.Cu/c1-18(16-22(26)20-10-5-3-6-11-20)24-14-9-15-25-19(2)17-23(27)21-12-7-4-8-13-21;/h3-8,10-13,16-17,26-27H,9,14-15H2,1-2H3;/q;+2/p-2/b22-16-,23-17-,24-18?,25-19?;. The molecule has 0 saturated carbocycles. The van der Waals surface area contributed by atoms with Crippen LogP contribution >= 0.6 is 0 Å². The number of aliphatic imine (C=N–C) groups is 2. The molecule has 2 aromatic carbocycles. The molecule has 2 rings (SSSR count). The van der Waals surface area contributed by atoms with Crippen LogP contribution in [0.3, 0.4) is 0 Å². The second-order valence-electron chi connectivity index (χ2n) is 6.15. The van der Waals surface area contributed by atoms with E-state index in [1.165, 1.54) is 0 Å². The summed E-state index contributed by atoms with van der Waals surface area (Å²) in [4.78, 5) is 8.78. The first-order valence-electron chi connectivity index (χ1n) is 8.96. The largest absolute Gasteiger partial charge is 2.00 e. The zero-order valence-electron chi connectivity index (χ0n) is 16.1. The molecule has 0 saturated heterocycles. The predicted octanol–water partition coefficient (Wildman–Crippen LogP) is 3.10. The Labute approximate surface area is 177 Å². The molecule has 149 valence electrons. The maximum atomic E-state index is 12.1. The fourth-order valence-corrected chi connectivity index (χ4v) is 2.42. The second-order valence-corrected chi connectivity index (χ2v) is 6.15. The van der Waals surface area contributed by atoms with E-state index in [9.17, 15) is 10.2 Å². The zero-order valence-corrected chi connectivity index (χ0v) is 17.0. The molecule has 1 radical (unpaired) electrons. The van der Waals surface area contributed by atoms with Crippen molar-refractivity contribution in [2.75, 3.05) is 13.1 Å². The fourth-order valence-electron chi connectivity index (χ4n) is 2.42. The monoisotopic (exact) mass is 423 g/mol. The van der Waals surface area contributed by atoms with E-state index in [0.29, 0.717) is 35.6 Å². The molecule has 4 nitrogen and oxygen atoms in total. The van der Waals surface area contributed by atoms with E-state index >= 15 is 0 Å². The molecule has 0 heterocycles. The molecular formula is C23H24CuN2O2. The Morgan fingerprint density at radius 1 is 0.714 bits per heavy atom. The van der Waals surface area contributed by atoms with Gasteiger partial charge in [-0.1, -0.05) is 72.2 Å². The summed E-state index contributed by atoms with van der Waals surface area (Å²) in [6, 6.07) is 18.3. The van der Waals surface area contributed by atoms with E-state index in [0.717, 1.165) is 6.42 Å². The molecule has 0 amide bonds. The van der Waals surface area contributed by atoms with Gasteiger partial charge in [0, 0.05) is 24.5 Å². The molecule has 2 aromatic rings. The van der Waals surface area contributed by atoms with E-state index < -0.39 is 0 Å². The summed E-state index contributed by atoms with van der Waals surface area (Å²) in [5.74, 6) is -0.0838. The molecule has 5 heteroatoms. The van der Waals surface area contributed by atoms with Crippen molar-refractivity contribution >= 4 is 22.9 Å². The van der Waals surface area contributed by atoms with E-state index in [4.69, 9.17) is 0 Å². The molecule has 0 bridgehead atoms. The summed E-state index contributed by atoms with van der Waals surface area (Å²) in [6.07, 6.45) is 3.86. The molecular weight excluding hydrogens is 400 g/mol. The number of nitrogens with zero attached hydrogens (tertiary/aromatic N) is 2. The molecule has 0 unspecified atom stereocenters. The van der Waals surface area contributed by atoms with Crippen LogP contribution in [-0.2, 0) is 17.1 Å². The molecule has 0 atom stereocenters. The smallest absolute Gasteiger partial charge is 0.872 e. The van der Waals surface area contributed by atoms with Crippen molar-refractivity contribution < 1.29 is 27.3 Å². The number of rotatable bonds is 8. The Bertz CT molecular complexity index is 770. The minimum absolute atomic E-state index is 0. The van der Waals surface area contributed by atoms with Crippen LogP contribution in [0.5, 0.6) is 0 Å². The summed E-state index contributed by atoms with van der Waals surface area (Å²) >= 11 is 0. The van der Waals surface area contributed by atoms with Crippen molar-refractivity contribution in [3.63, 3.8) is 0 Å². The van der Waals surface area contributed by atoms with Gasteiger partial charge in [0.2, 0.25) is 0 Å². The maximum absolute atomic E-state index is 12.1. The van der Waals surface area contributed by atoms with Crippen molar-refractivity contribution in [3.05, 3.63) is 83.9 Å². The van der Waals surface area contributed by atoms with Crippen molar-refractivity contribution in [2.24, 2.45) is 9.98 Å². The topological polar surface area (TPSA) is 70.8 Å². The van der Waals surface area contributed by atoms with Gasteiger partial charge in [-0.25, -0.2) is 0 Å². The van der Waals surface area contributed by atoms with Gasteiger partial charge in [0.25, 0.3) is 0 Å². The molecule has 0 N–H and O–H groups in total. The van der Waals surface area contributed by atoms with Gasteiger partial charge < -0.3 is 10.2 Å². The minimum atomic E-state index is -0.0419. The number of allylic oxidation sites excluding steroid dienone is 2. The normalized spacial score (nSPS) is 13.2. The minimum Gasteiger partial charge on any atom is -0.872 e. The van der Waals surface area contributed by atoms with E-state index in [-0.39, 0.29) is 28.6 Å². The van der Waals surface area contributed by atoms with Crippen LogP contribution in [0, 0.1) is 0 Å². The fraction of sp³-hybridized carbons (Fsp3) is 0.217.